The average molecular weight is 317 g/mol. The lowest BCUT2D eigenvalue weighted by molar-refractivity contribution is 0.190. The Bertz CT molecular complexity index is 892. The van der Waals surface area contributed by atoms with E-state index in [4.69, 9.17) is 5.11 Å². The van der Waals surface area contributed by atoms with Gasteiger partial charge in [0.1, 0.15) is 11.5 Å². The molecule has 0 spiro atoms. The third-order valence-corrected chi connectivity index (χ3v) is 3.52. The van der Waals surface area contributed by atoms with Crippen molar-refractivity contribution in [3.8, 4) is 5.69 Å². The Morgan fingerprint density at radius 2 is 2.09 bits per heavy atom. The van der Waals surface area contributed by atoms with Crippen LogP contribution in [0.15, 0.2) is 42.6 Å². The molecule has 0 fully saturated rings. The van der Waals surface area contributed by atoms with E-state index in [-0.39, 0.29) is 11.1 Å². The van der Waals surface area contributed by atoms with Gasteiger partial charge in [0.15, 0.2) is 5.82 Å². The molecule has 1 amide bonds. The van der Waals surface area contributed by atoms with Gasteiger partial charge in [-0.1, -0.05) is 6.07 Å². The monoisotopic (exact) mass is 317 g/mol. The highest BCUT2D eigenvalue weighted by atomic mass is 19.1. The van der Waals surface area contributed by atoms with E-state index in [0.717, 1.165) is 0 Å². The van der Waals surface area contributed by atoms with Crippen LogP contribution in [0.1, 0.15) is 18.7 Å². The van der Waals surface area contributed by atoms with Gasteiger partial charge in [0, 0.05) is 6.20 Å². The molecular formula is C16H13F2N3O2. The Labute approximate surface area is 130 Å². The molecule has 7 heteroatoms. The van der Waals surface area contributed by atoms with Gasteiger partial charge in [-0.15, -0.1) is 0 Å². The first kappa shape index (κ1) is 15.0. The summed E-state index contributed by atoms with van der Waals surface area (Å²) in [5, 5.41) is 11.4. The first-order valence-electron chi connectivity index (χ1n) is 6.89. The van der Waals surface area contributed by atoms with E-state index >= 15 is 0 Å². The summed E-state index contributed by atoms with van der Waals surface area (Å²) in [6, 6.07) is 7.90. The van der Waals surface area contributed by atoms with Crippen LogP contribution >= 0.6 is 0 Å². The average Bonchev–Trinajstić information content (AvgIpc) is 2.80. The molecule has 0 aliphatic rings. The Kier molecular flexibility index (Phi) is 3.69. The molecule has 0 radical (unpaired) electrons. The molecule has 23 heavy (non-hydrogen) atoms. The minimum absolute atomic E-state index is 0.0756. The number of benzene rings is 1. The number of pyridine rings is 1. The van der Waals surface area contributed by atoms with Crippen LogP contribution in [0.2, 0.25) is 0 Å². The zero-order valence-electron chi connectivity index (χ0n) is 12.1. The van der Waals surface area contributed by atoms with E-state index < -0.39 is 23.8 Å². The minimum atomic E-state index is -1.28. The number of hydrogen-bond acceptors (Lipinski definition) is 2. The maximum absolute atomic E-state index is 14.8. The number of carbonyl (C=O) groups is 1. The van der Waals surface area contributed by atoms with Crippen molar-refractivity contribution in [3.05, 3.63) is 59.9 Å². The number of aromatic nitrogens is 2. The number of amides is 1. The molecule has 3 rings (SSSR count). The van der Waals surface area contributed by atoms with Gasteiger partial charge >= 0.3 is 6.09 Å². The number of nitrogens with zero attached hydrogens (tertiary/aromatic N) is 2. The summed E-state index contributed by atoms with van der Waals surface area (Å²) >= 11 is 0. The summed E-state index contributed by atoms with van der Waals surface area (Å²) in [5.74, 6) is -1.07. The van der Waals surface area contributed by atoms with E-state index in [0.29, 0.717) is 11.3 Å². The SMILES string of the molecule is CC(NC(=O)O)c1c(F)c2cccnc2n1-c1cccc(F)c1. The molecule has 0 saturated heterocycles. The molecule has 2 N–H and O–H groups in total. The van der Waals surface area contributed by atoms with Gasteiger partial charge in [0.2, 0.25) is 0 Å². The van der Waals surface area contributed by atoms with Gasteiger partial charge in [0.25, 0.3) is 0 Å². The first-order chi connectivity index (χ1) is 11.0. The topological polar surface area (TPSA) is 67.2 Å². The molecule has 0 saturated carbocycles. The zero-order valence-corrected chi connectivity index (χ0v) is 12.1. The highest BCUT2D eigenvalue weighted by Gasteiger charge is 2.24. The van der Waals surface area contributed by atoms with Gasteiger partial charge in [-0.25, -0.2) is 18.6 Å². The van der Waals surface area contributed by atoms with Crippen molar-refractivity contribution in [1.29, 1.82) is 0 Å². The summed E-state index contributed by atoms with van der Waals surface area (Å²) in [4.78, 5) is 15.0. The van der Waals surface area contributed by atoms with Gasteiger partial charge in [0.05, 0.1) is 22.8 Å². The Morgan fingerprint density at radius 3 is 2.78 bits per heavy atom. The quantitative estimate of drug-likeness (QED) is 0.775. The minimum Gasteiger partial charge on any atom is -0.465 e. The number of nitrogens with one attached hydrogen (secondary N) is 1. The second-order valence-electron chi connectivity index (χ2n) is 5.06. The predicted molar refractivity (Wildman–Crippen MR) is 80.6 cm³/mol. The molecule has 0 aliphatic heterocycles. The van der Waals surface area contributed by atoms with Gasteiger partial charge in [-0.05, 0) is 37.3 Å². The van der Waals surface area contributed by atoms with E-state index in [1.807, 2.05) is 0 Å². The molecule has 2 heterocycles. The molecule has 118 valence electrons. The maximum atomic E-state index is 14.8. The first-order valence-corrected chi connectivity index (χ1v) is 6.89. The van der Waals surface area contributed by atoms with Gasteiger partial charge in [-0.3, -0.25) is 4.57 Å². The predicted octanol–water partition coefficient (Wildman–Crippen LogP) is 3.63. The third kappa shape index (κ3) is 2.61. The highest BCUT2D eigenvalue weighted by Crippen LogP contribution is 2.31. The van der Waals surface area contributed by atoms with Crippen molar-refractivity contribution in [3.63, 3.8) is 0 Å². The van der Waals surface area contributed by atoms with Crippen molar-refractivity contribution in [2.75, 3.05) is 0 Å². The molecule has 1 aromatic carbocycles. The van der Waals surface area contributed by atoms with Crippen molar-refractivity contribution in [2.45, 2.75) is 13.0 Å². The molecule has 0 bridgehead atoms. The summed E-state index contributed by atoms with van der Waals surface area (Å²) in [5.41, 5.74) is 0.739. The summed E-state index contributed by atoms with van der Waals surface area (Å²) < 4.78 is 29.8. The summed E-state index contributed by atoms with van der Waals surface area (Å²) in [6.07, 6.45) is 0.220. The van der Waals surface area contributed by atoms with Crippen LogP contribution in [0, 0.1) is 11.6 Å². The second kappa shape index (κ2) is 5.68. The number of carboxylic acid groups (broad SMARTS) is 1. The molecular weight excluding hydrogens is 304 g/mol. The van der Waals surface area contributed by atoms with Crippen molar-refractivity contribution < 1.29 is 18.7 Å². The largest absolute Gasteiger partial charge is 0.465 e. The van der Waals surface area contributed by atoms with Crippen LogP contribution in [0.25, 0.3) is 16.7 Å². The lowest BCUT2D eigenvalue weighted by Crippen LogP contribution is -2.26. The lowest BCUT2D eigenvalue weighted by atomic mass is 10.2. The number of hydrogen-bond donors (Lipinski definition) is 2. The summed E-state index contributed by atoms with van der Waals surface area (Å²) in [7, 11) is 0. The van der Waals surface area contributed by atoms with E-state index in [1.165, 1.54) is 35.9 Å². The van der Waals surface area contributed by atoms with Crippen LogP contribution in [-0.2, 0) is 0 Å². The standard InChI is InChI=1S/C16H13F2N3O2/c1-9(20-16(22)23)14-13(18)12-6-3-7-19-15(12)21(14)11-5-2-4-10(17)8-11/h2-9,20H,1H3,(H,22,23). The van der Waals surface area contributed by atoms with Gasteiger partial charge in [-0.2, -0.15) is 0 Å². The lowest BCUT2D eigenvalue weighted by Gasteiger charge is -2.16. The van der Waals surface area contributed by atoms with E-state index in [1.54, 1.807) is 18.2 Å². The maximum Gasteiger partial charge on any atom is 0.405 e. The smallest absolute Gasteiger partial charge is 0.405 e. The van der Waals surface area contributed by atoms with Crippen LogP contribution in [0.3, 0.4) is 0 Å². The molecule has 1 unspecified atom stereocenters. The van der Waals surface area contributed by atoms with Crippen molar-refractivity contribution in [2.24, 2.45) is 0 Å². The van der Waals surface area contributed by atoms with Crippen LogP contribution in [0.4, 0.5) is 13.6 Å². The fourth-order valence-electron chi connectivity index (χ4n) is 2.61. The molecule has 3 aromatic rings. The van der Waals surface area contributed by atoms with E-state index in [2.05, 4.69) is 10.3 Å². The molecule has 5 nitrogen and oxygen atoms in total. The molecule has 0 aliphatic carbocycles. The number of rotatable bonds is 3. The zero-order chi connectivity index (χ0) is 16.6. The van der Waals surface area contributed by atoms with Crippen LogP contribution in [-0.4, -0.2) is 20.8 Å². The van der Waals surface area contributed by atoms with Crippen LogP contribution in [0.5, 0.6) is 0 Å². The highest BCUT2D eigenvalue weighted by molar-refractivity contribution is 5.81. The summed E-state index contributed by atoms with van der Waals surface area (Å²) in [6.45, 7) is 1.52. The molecule has 2 aromatic heterocycles. The Morgan fingerprint density at radius 1 is 1.30 bits per heavy atom. The Balaban J connectivity index is 2.31. The van der Waals surface area contributed by atoms with Gasteiger partial charge < -0.3 is 10.4 Å². The van der Waals surface area contributed by atoms with Crippen molar-refractivity contribution >= 4 is 17.1 Å². The number of fused-ring (bicyclic) bond motifs is 1. The Hall–Kier alpha value is -2.96. The number of halogens is 2. The third-order valence-electron chi connectivity index (χ3n) is 3.52. The fourth-order valence-corrected chi connectivity index (χ4v) is 2.61. The molecule has 1 atom stereocenters. The fraction of sp³-hybridized carbons (Fsp3) is 0.125. The van der Waals surface area contributed by atoms with Crippen LogP contribution < -0.4 is 5.32 Å². The normalized spacial score (nSPS) is 12.3. The van der Waals surface area contributed by atoms with E-state index in [9.17, 15) is 13.6 Å². The van der Waals surface area contributed by atoms with Crippen molar-refractivity contribution in [1.82, 2.24) is 14.9 Å². The second-order valence-corrected chi connectivity index (χ2v) is 5.06.